The van der Waals surface area contributed by atoms with Crippen LogP contribution in [-0.2, 0) is 0 Å². The van der Waals surface area contributed by atoms with Crippen molar-refractivity contribution in [3.05, 3.63) is 0 Å². The summed E-state index contributed by atoms with van der Waals surface area (Å²) in [4.78, 5) is 3.10. The standard InChI is InChI=1S/C24H45N3/c1-22(2)23(3,4)26-24(25-22)17-11-16-21(18-24)27(19-12-7-5-8-13-19)20-14-9-6-10-15-20/h19-21,25-26H,5-18H2,1-4H3. The van der Waals surface area contributed by atoms with Crippen molar-refractivity contribution in [1.29, 1.82) is 0 Å². The van der Waals surface area contributed by atoms with Crippen LogP contribution >= 0.6 is 0 Å². The van der Waals surface area contributed by atoms with Gasteiger partial charge in [-0.3, -0.25) is 15.5 Å². The van der Waals surface area contributed by atoms with E-state index in [1.807, 2.05) is 0 Å². The smallest absolute Gasteiger partial charge is 0.0711 e. The lowest BCUT2D eigenvalue weighted by Gasteiger charge is -2.51. The molecular weight excluding hydrogens is 330 g/mol. The van der Waals surface area contributed by atoms with E-state index in [0.717, 1.165) is 18.1 Å². The average molecular weight is 376 g/mol. The molecule has 156 valence electrons. The lowest BCUT2D eigenvalue weighted by atomic mass is 9.80. The van der Waals surface area contributed by atoms with Crippen molar-refractivity contribution >= 4 is 0 Å². The van der Waals surface area contributed by atoms with Crippen LogP contribution in [0.3, 0.4) is 0 Å². The molecule has 1 atom stereocenters. The van der Waals surface area contributed by atoms with Crippen LogP contribution in [0.15, 0.2) is 0 Å². The molecule has 0 aromatic heterocycles. The van der Waals surface area contributed by atoms with E-state index in [1.54, 1.807) is 0 Å². The van der Waals surface area contributed by atoms with Crippen molar-refractivity contribution in [2.24, 2.45) is 0 Å². The van der Waals surface area contributed by atoms with Crippen LogP contribution in [0.25, 0.3) is 0 Å². The van der Waals surface area contributed by atoms with E-state index >= 15 is 0 Å². The fourth-order valence-corrected chi connectivity index (χ4v) is 6.92. The molecule has 3 aliphatic carbocycles. The predicted molar refractivity (Wildman–Crippen MR) is 115 cm³/mol. The van der Waals surface area contributed by atoms with E-state index in [-0.39, 0.29) is 16.7 Å². The Balaban J connectivity index is 1.54. The van der Waals surface area contributed by atoms with E-state index < -0.39 is 0 Å². The first kappa shape index (κ1) is 20.2. The second-order valence-electron chi connectivity index (χ2n) is 11.4. The zero-order chi connectivity index (χ0) is 19.1. The van der Waals surface area contributed by atoms with Crippen LogP contribution in [0.4, 0.5) is 0 Å². The molecule has 0 bridgehead atoms. The van der Waals surface area contributed by atoms with E-state index in [4.69, 9.17) is 0 Å². The summed E-state index contributed by atoms with van der Waals surface area (Å²) in [6.07, 6.45) is 20.0. The minimum Gasteiger partial charge on any atom is -0.294 e. The molecule has 1 saturated heterocycles. The molecule has 3 nitrogen and oxygen atoms in total. The van der Waals surface area contributed by atoms with Crippen LogP contribution < -0.4 is 10.6 Å². The van der Waals surface area contributed by atoms with Crippen LogP contribution in [0.1, 0.15) is 118 Å². The molecule has 27 heavy (non-hydrogen) atoms. The van der Waals surface area contributed by atoms with Crippen LogP contribution in [0.5, 0.6) is 0 Å². The maximum absolute atomic E-state index is 4.09. The van der Waals surface area contributed by atoms with Gasteiger partial charge in [-0.05, 0) is 79.1 Å². The Morgan fingerprint density at radius 3 is 1.52 bits per heavy atom. The van der Waals surface area contributed by atoms with Gasteiger partial charge in [0, 0.05) is 29.2 Å². The summed E-state index contributed by atoms with van der Waals surface area (Å²) in [6.45, 7) is 9.55. The number of hydrogen-bond acceptors (Lipinski definition) is 3. The first-order valence-corrected chi connectivity index (χ1v) is 12.2. The molecule has 1 heterocycles. The summed E-state index contributed by atoms with van der Waals surface area (Å²) >= 11 is 0. The van der Waals surface area contributed by atoms with Crippen LogP contribution in [0.2, 0.25) is 0 Å². The second kappa shape index (κ2) is 7.61. The monoisotopic (exact) mass is 375 g/mol. The van der Waals surface area contributed by atoms with E-state index in [2.05, 4.69) is 43.2 Å². The summed E-state index contributed by atoms with van der Waals surface area (Å²) in [5.41, 5.74) is 0.447. The van der Waals surface area contributed by atoms with Crippen molar-refractivity contribution in [3.63, 3.8) is 0 Å². The third-order valence-electron chi connectivity index (χ3n) is 8.81. The summed E-state index contributed by atoms with van der Waals surface area (Å²) in [5, 5.41) is 8.18. The molecule has 0 radical (unpaired) electrons. The molecule has 1 spiro atoms. The first-order chi connectivity index (χ1) is 12.8. The maximum Gasteiger partial charge on any atom is 0.0711 e. The van der Waals surface area contributed by atoms with Crippen molar-refractivity contribution in [2.75, 3.05) is 0 Å². The van der Waals surface area contributed by atoms with Gasteiger partial charge in [-0.2, -0.15) is 0 Å². The summed E-state index contributed by atoms with van der Waals surface area (Å²) < 4.78 is 0. The fourth-order valence-electron chi connectivity index (χ4n) is 6.92. The Morgan fingerprint density at radius 1 is 0.593 bits per heavy atom. The fraction of sp³-hybridized carbons (Fsp3) is 1.00. The molecule has 3 saturated carbocycles. The molecule has 1 unspecified atom stereocenters. The minimum absolute atomic E-state index is 0.148. The Labute approximate surface area is 168 Å². The normalized spacial score (nSPS) is 34.3. The zero-order valence-electron chi connectivity index (χ0n) is 18.6. The van der Waals surface area contributed by atoms with Gasteiger partial charge in [-0.1, -0.05) is 38.5 Å². The Kier molecular flexibility index (Phi) is 5.68. The molecule has 4 fully saturated rings. The number of nitrogens with one attached hydrogen (secondary N) is 2. The molecule has 4 aliphatic rings. The van der Waals surface area contributed by atoms with E-state index in [1.165, 1.54) is 89.9 Å². The molecule has 0 aromatic carbocycles. The maximum atomic E-state index is 4.09. The third kappa shape index (κ3) is 3.98. The Hall–Kier alpha value is -0.120. The molecule has 3 heteroatoms. The topological polar surface area (TPSA) is 27.3 Å². The van der Waals surface area contributed by atoms with Crippen molar-refractivity contribution in [3.8, 4) is 0 Å². The van der Waals surface area contributed by atoms with Gasteiger partial charge in [-0.15, -0.1) is 0 Å². The number of hydrogen-bond donors (Lipinski definition) is 2. The predicted octanol–water partition coefficient (Wildman–Crippen LogP) is 5.34. The highest BCUT2D eigenvalue weighted by molar-refractivity contribution is 5.15. The minimum atomic E-state index is 0.148. The average Bonchev–Trinajstić information content (AvgIpc) is 2.80. The van der Waals surface area contributed by atoms with Gasteiger partial charge in [0.1, 0.15) is 0 Å². The van der Waals surface area contributed by atoms with E-state index in [0.29, 0.717) is 0 Å². The zero-order valence-corrected chi connectivity index (χ0v) is 18.6. The number of nitrogens with zero attached hydrogens (tertiary/aromatic N) is 1. The van der Waals surface area contributed by atoms with Gasteiger partial charge in [-0.25, -0.2) is 0 Å². The first-order valence-electron chi connectivity index (χ1n) is 12.2. The lowest BCUT2D eigenvalue weighted by Crippen LogP contribution is -2.61. The van der Waals surface area contributed by atoms with E-state index in [9.17, 15) is 0 Å². The van der Waals surface area contributed by atoms with Gasteiger partial charge in [0.05, 0.1) is 5.66 Å². The van der Waals surface area contributed by atoms with Crippen molar-refractivity contribution in [2.45, 2.75) is 152 Å². The third-order valence-corrected chi connectivity index (χ3v) is 8.81. The lowest BCUT2D eigenvalue weighted by molar-refractivity contribution is -0.000606. The van der Waals surface area contributed by atoms with Crippen molar-refractivity contribution in [1.82, 2.24) is 15.5 Å². The highest BCUT2D eigenvalue weighted by atomic mass is 15.4. The van der Waals surface area contributed by atoms with Crippen molar-refractivity contribution < 1.29 is 0 Å². The van der Waals surface area contributed by atoms with Crippen LogP contribution in [0, 0.1) is 0 Å². The SMILES string of the molecule is CC1(C)NC2(CCCC(N(C3CCCCC3)C3CCCCC3)C2)NC1(C)C. The summed E-state index contributed by atoms with van der Waals surface area (Å²) in [5.74, 6) is 0. The quantitative estimate of drug-likeness (QED) is 0.697. The van der Waals surface area contributed by atoms with Gasteiger partial charge < -0.3 is 0 Å². The molecule has 4 rings (SSSR count). The molecule has 0 aromatic rings. The molecule has 0 amide bonds. The number of rotatable bonds is 3. The Bertz CT molecular complexity index is 466. The van der Waals surface area contributed by atoms with Gasteiger partial charge >= 0.3 is 0 Å². The van der Waals surface area contributed by atoms with Gasteiger partial charge in [0.25, 0.3) is 0 Å². The van der Waals surface area contributed by atoms with Crippen LogP contribution in [-0.4, -0.2) is 39.8 Å². The van der Waals surface area contributed by atoms with Gasteiger partial charge in [0.2, 0.25) is 0 Å². The highest BCUT2D eigenvalue weighted by Crippen LogP contribution is 2.43. The second-order valence-corrected chi connectivity index (χ2v) is 11.4. The highest BCUT2D eigenvalue weighted by Gasteiger charge is 2.55. The Morgan fingerprint density at radius 2 is 1.04 bits per heavy atom. The van der Waals surface area contributed by atoms with Gasteiger partial charge in [0.15, 0.2) is 0 Å². The molecular formula is C24H45N3. The largest absolute Gasteiger partial charge is 0.294 e. The molecule has 1 aliphatic heterocycles. The summed E-state index contributed by atoms with van der Waals surface area (Å²) in [6, 6.07) is 2.50. The molecule has 2 N–H and O–H groups in total. The summed E-state index contributed by atoms with van der Waals surface area (Å²) in [7, 11) is 0.